The number of alkyl halides is 1. The van der Waals surface area contributed by atoms with Gasteiger partial charge >= 0.3 is 0 Å². The Kier molecular flexibility index (Phi) is 4.97. The van der Waals surface area contributed by atoms with Crippen LogP contribution in [0.1, 0.15) is 6.92 Å². The number of carbonyl (C=O) groups excluding carboxylic acids is 1. The van der Waals surface area contributed by atoms with Gasteiger partial charge in [0, 0.05) is 19.8 Å². The van der Waals surface area contributed by atoms with E-state index in [2.05, 4.69) is 10.3 Å². The van der Waals surface area contributed by atoms with Crippen LogP contribution in [0.3, 0.4) is 0 Å². The highest BCUT2D eigenvalue weighted by atomic mass is 35.5. The molecule has 0 aromatic heterocycles. The van der Waals surface area contributed by atoms with Gasteiger partial charge in [0.25, 0.3) is 0 Å². The van der Waals surface area contributed by atoms with Crippen LogP contribution in [0.2, 0.25) is 0 Å². The van der Waals surface area contributed by atoms with Crippen molar-refractivity contribution in [1.29, 1.82) is 0 Å². The van der Waals surface area contributed by atoms with Gasteiger partial charge in [-0.2, -0.15) is 0 Å². The molecule has 5 heteroatoms. The summed E-state index contributed by atoms with van der Waals surface area (Å²) >= 11 is 5.40. The summed E-state index contributed by atoms with van der Waals surface area (Å²) in [6.45, 7) is 1.93. The Morgan fingerprint density at radius 2 is 1.94 bits per heavy atom. The van der Waals surface area contributed by atoms with Crippen molar-refractivity contribution in [2.45, 2.75) is 6.92 Å². The molecule has 0 spiro atoms. The summed E-state index contributed by atoms with van der Waals surface area (Å²) in [6.07, 6.45) is 0. The van der Waals surface area contributed by atoms with E-state index in [1.807, 2.05) is 38.1 Å². The van der Waals surface area contributed by atoms with Gasteiger partial charge in [0.1, 0.15) is 11.7 Å². The fraction of sp³-hybridized carbons (Fsp3) is 0.333. The number of benzene rings is 1. The van der Waals surface area contributed by atoms with Crippen molar-refractivity contribution < 1.29 is 4.79 Å². The molecule has 92 valence electrons. The molecular formula is C12H16ClN3O. The number of halogens is 1. The molecular weight excluding hydrogens is 238 g/mol. The van der Waals surface area contributed by atoms with E-state index in [0.717, 1.165) is 17.2 Å². The zero-order valence-corrected chi connectivity index (χ0v) is 11.0. The monoisotopic (exact) mass is 253 g/mol. The lowest BCUT2D eigenvalue weighted by molar-refractivity contribution is -0.113. The Morgan fingerprint density at radius 3 is 2.41 bits per heavy atom. The number of hydrogen-bond donors (Lipinski definition) is 1. The zero-order chi connectivity index (χ0) is 12.8. The maximum atomic E-state index is 11.1. The molecule has 0 aliphatic heterocycles. The first-order valence-corrected chi connectivity index (χ1v) is 5.75. The molecule has 4 nitrogen and oxygen atoms in total. The SMILES string of the molecule is CC(=Nc1ccc(NC(=O)CCl)cc1)N(C)C. The largest absolute Gasteiger partial charge is 0.366 e. The predicted octanol–water partition coefficient (Wildman–Crippen LogP) is 2.48. The van der Waals surface area contributed by atoms with Gasteiger partial charge in [0.2, 0.25) is 5.91 Å². The molecule has 0 heterocycles. The lowest BCUT2D eigenvalue weighted by Crippen LogP contribution is -2.17. The third kappa shape index (κ3) is 4.44. The Morgan fingerprint density at radius 1 is 1.35 bits per heavy atom. The minimum absolute atomic E-state index is 0.0420. The van der Waals surface area contributed by atoms with Gasteiger partial charge in [-0.15, -0.1) is 11.6 Å². The number of nitrogens with one attached hydrogen (secondary N) is 1. The maximum absolute atomic E-state index is 11.1. The number of hydrogen-bond acceptors (Lipinski definition) is 2. The van der Waals surface area contributed by atoms with Gasteiger partial charge in [-0.1, -0.05) is 0 Å². The van der Waals surface area contributed by atoms with E-state index in [1.165, 1.54) is 0 Å². The molecule has 1 rings (SSSR count). The number of anilines is 1. The number of nitrogens with zero attached hydrogens (tertiary/aromatic N) is 2. The summed E-state index contributed by atoms with van der Waals surface area (Å²) < 4.78 is 0. The smallest absolute Gasteiger partial charge is 0.239 e. The highest BCUT2D eigenvalue weighted by Gasteiger charge is 2.00. The molecule has 0 saturated carbocycles. The average molecular weight is 254 g/mol. The number of carbonyl (C=O) groups is 1. The molecule has 0 aliphatic rings. The second-order valence-corrected chi connectivity index (χ2v) is 4.05. The Hall–Kier alpha value is -1.55. The Balaban J connectivity index is 2.75. The lowest BCUT2D eigenvalue weighted by Gasteiger charge is -2.11. The number of amidine groups is 1. The van der Waals surface area contributed by atoms with E-state index >= 15 is 0 Å². The van der Waals surface area contributed by atoms with Gasteiger partial charge in [-0.05, 0) is 31.2 Å². The first kappa shape index (κ1) is 13.5. The van der Waals surface area contributed by atoms with E-state index in [4.69, 9.17) is 11.6 Å². The molecule has 1 aromatic rings. The van der Waals surface area contributed by atoms with Gasteiger partial charge < -0.3 is 10.2 Å². The third-order valence-corrected chi connectivity index (χ3v) is 2.45. The van der Waals surface area contributed by atoms with Crippen molar-refractivity contribution in [3.8, 4) is 0 Å². The third-order valence-electron chi connectivity index (χ3n) is 2.21. The van der Waals surface area contributed by atoms with Gasteiger partial charge in [-0.3, -0.25) is 4.79 Å². The maximum Gasteiger partial charge on any atom is 0.239 e. The summed E-state index contributed by atoms with van der Waals surface area (Å²) in [4.78, 5) is 17.4. The van der Waals surface area contributed by atoms with Crippen LogP contribution in [0.15, 0.2) is 29.3 Å². The second kappa shape index (κ2) is 6.25. The fourth-order valence-electron chi connectivity index (χ4n) is 1.10. The van der Waals surface area contributed by atoms with Crippen molar-refractivity contribution in [2.75, 3.05) is 25.3 Å². The number of amides is 1. The molecule has 0 unspecified atom stereocenters. The van der Waals surface area contributed by atoms with E-state index in [1.54, 1.807) is 12.1 Å². The van der Waals surface area contributed by atoms with Gasteiger partial charge in [-0.25, -0.2) is 4.99 Å². The standard InChI is InChI=1S/C12H16ClN3O/c1-9(16(2)3)14-10-4-6-11(7-5-10)15-12(17)8-13/h4-7H,8H2,1-3H3,(H,15,17). The molecule has 17 heavy (non-hydrogen) atoms. The van der Waals surface area contributed by atoms with Crippen LogP contribution in [0.5, 0.6) is 0 Å². The average Bonchev–Trinajstić information content (AvgIpc) is 2.31. The summed E-state index contributed by atoms with van der Waals surface area (Å²) in [6, 6.07) is 7.28. The van der Waals surface area contributed by atoms with E-state index in [0.29, 0.717) is 0 Å². The van der Waals surface area contributed by atoms with Crippen molar-refractivity contribution in [2.24, 2.45) is 4.99 Å². The number of aliphatic imine (C=N–C) groups is 1. The molecule has 0 aliphatic carbocycles. The first-order chi connectivity index (χ1) is 8.02. The van der Waals surface area contributed by atoms with E-state index in [9.17, 15) is 4.79 Å². The second-order valence-electron chi connectivity index (χ2n) is 3.78. The van der Waals surface area contributed by atoms with Crippen LogP contribution < -0.4 is 5.32 Å². The lowest BCUT2D eigenvalue weighted by atomic mass is 10.3. The molecule has 0 bridgehead atoms. The molecule has 1 amide bonds. The quantitative estimate of drug-likeness (QED) is 0.511. The van der Waals surface area contributed by atoms with E-state index in [-0.39, 0.29) is 11.8 Å². The van der Waals surface area contributed by atoms with Crippen LogP contribution in [0.25, 0.3) is 0 Å². The first-order valence-electron chi connectivity index (χ1n) is 5.21. The minimum Gasteiger partial charge on any atom is -0.366 e. The molecule has 0 saturated heterocycles. The van der Waals surface area contributed by atoms with Gasteiger partial charge in [0.05, 0.1) is 5.69 Å². The van der Waals surface area contributed by atoms with Gasteiger partial charge in [0.15, 0.2) is 0 Å². The number of rotatable bonds is 3. The Labute approximate surface area is 106 Å². The summed E-state index contributed by atoms with van der Waals surface area (Å²) in [5.41, 5.74) is 1.57. The summed E-state index contributed by atoms with van der Waals surface area (Å²) in [5.74, 6) is 0.662. The highest BCUT2D eigenvalue weighted by molar-refractivity contribution is 6.29. The normalized spacial score (nSPS) is 11.2. The molecule has 0 atom stereocenters. The highest BCUT2D eigenvalue weighted by Crippen LogP contribution is 2.16. The molecule has 1 aromatic carbocycles. The molecule has 1 N–H and O–H groups in total. The summed E-state index contributed by atoms with van der Waals surface area (Å²) in [7, 11) is 3.88. The zero-order valence-electron chi connectivity index (χ0n) is 10.2. The van der Waals surface area contributed by atoms with E-state index < -0.39 is 0 Å². The Bertz CT molecular complexity index is 412. The minimum atomic E-state index is -0.215. The van der Waals surface area contributed by atoms with Crippen LogP contribution in [0, 0.1) is 0 Å². The van der Waals surface area contributed by atoms with Crippen molar-refractivity contribution in [3.05, 3.63) is 24.3 Å². The van der Waals surface area contributed by atoms with Crippen LogP contribution in [-0.4, -0.2) is 36.6 Å². The molecule has 0 fully saturated rings. The van der Waals surface area contributed by atoms with Crippen LogP contribution in [-0.2, 0) is 4.79 Å². The van der Waals surface area contributed by atoms with Crippen molar-refractivity contribution in [1.82, 2.24) is 4.90 Å². The molecule has 0 radical (unpaired) electrons. The topological polar surface area (TPSA) is 44.7 Å². The van der Waals surface area contributed by atoms with Crippen molar-refractivity contribution >= 4 is 34.7 Å². The predicted molar refractivity (Wildman–Crippen MR) is 72.2 cm³/mol. The van der Waals surface area contributed by atoms with Crippen LogP contribution in [0.4, 0.5) is 11.4 Å². The van der Waals surface area contributed by atoms with Crippen LogP contribution >= 0.6 is 11.6 Å². The summed E-state index contributed by atoms with van der Waals surface area (Å²) in [5, 5.41) is 2.67. The van der Waals surface area contributed by atoms with Crippen molar-refractivity contribution in [3.63, 3.8) is 0 Å². The fourth-order valence-corrected chi connectivity index (χ4v) is 1.17.